The first-order valence-electron chi connectivity index (χ1n) is 6.72. The number of rotatable bonds is 6. The van der Waals surface area contributed by atoms with Crippen LogP contribution in [0.1, 0.15) is 11.4 Å². The summed E-state index contributed by atoms with van der Waals surface area (Å²) in [6.07, 6.45) is 3.87. The van der Waals surface area contributed by atoms with Gasteiger partial charge in [-0.2, -0.15) is 0 Å². The Balaban J connectivity index is 1.57. The summed E-state index contributed by atoms with van der Waals surface area (Å²) in [7, 11) is 0. The average Bonchev–Trinajstić information content (AvgIpc) is 3.17. The van der Waals surface area contributed by atoms with Gasteiger partial charge in [0.05, 0.1) is 13.1 Å². The molecule has 20 heavy (non-hydrogen) atoms. The van der Waals surface area contributed by atoms with Crippen LogP contribution in [-0.4, -0.2) is 9.97 Å². The maximum atomic E-state index is 3.40. The fourth-order valence-corrected chi connectivity index (χ4v) is 2.09. The van der Waals surface area contributed by atoms with Crippen molar-refractivity contribution >= 4 is 11.4 Å². The lowest BCUT2D eigenvalue weighted by Gasteiger charge is -2.09. The molecule has 0 aliphatic rings. The maximum absolute atomic E-state index is 3.40. The highest BCUT2D eigenvalue weighted by molar-refractivity contribution is 5.56. The second-order valence-electron chi connectivity index (χ2n) is 4.68. The van der Waals surface area contributed by atoms with Crippen LogP contribution in [0.2, 0.25) is 0 Å². The minimum absolute atomic E-state index is 0.799. The minimum atomic E-state index is 0.799. The summed E-state index contributed by atoms with van der Waals surface area (Å²) in [5.74, 6) is 0. The number of aromatic amines is 2. The zero-order chi connectivity index (χ0) is 13.6. The predicted molar refractivity (Wildman–Crippen MR) is 82.7 cm³/mol. The Morgan fingerprint density at radius 2 is 1.25 bits per heavy atom. The average molecular weight is 266 g/mol. The van der Waals surface area contributed by atoms with E-state index in [1.807, 2.05) is 30.6 Å². The van der Waals surface area contributed by atoms with E-state index in [4.69, 9.17) is 0 Å². The van der Waals surface area contributed by atoms with E-state index in [-0.39, 0.29) is 0 Å². The third-order valence-electron chi connectivity index (χ3n) is 3.15. The van der Waals surface area contributed by atoms with Gasteiger partial charge in [-0.05, 0) is 42.5 Å². The molecule has 0 unspecified atom stereocenters. The van der Waals surface area contributed by atoms with Crippen LogP contribution < -0.4 is 10.6 Å². The lowest BCUT2D eigenvalue weighted by molar-refractivity contribution is 1.06. The normalized spacial score (nSPS) is 10.4. The van der Waals surface area contributed by atoms with Crippen molar-refractivity contribution in [3.05, 3.63) is 72.3 Å². The molecule has 0 aliphatic heterocycles. The van der Waals surface area contributed by atoms with Crippen LogP contribution in [0.4, 0.5) is 11.4 Å². The van der Waals surface area contributed by atoms with Crippen LogP contribution >= 0.6 is 0 Å². The fourth-order valence-electron chi connectivity index (χ4n) is 2.09. The van der Waals surface area contributed by atoms with Gasteiger partial charge in [-0.3, -0.25) is 0 Å². The van der Waals surface area contributed by atoms with Crippen molar-refractivity contribution in [1.29, 1.82) is 0 Å². The Morgan fingerprint density at radius 3 is 1.70 bits per heavy atom. The van der Waals surface area contributed by atoms with Crippen LogP contribution in [0.5, 0.6) is 0 Å². The van der Waals surface area contributed by atoms with Gasteiger partial charge in [0.25, 0.3) is 0 Å². The van der Waals surface area contributed by atoms with Gasteiger partial charge in [-0.25, -0.2) is 0 Å². The number of aromatic nitrogens is 2. The van der Waals surface area contributed by atoms with E-state index < -0.39 is 0 Å². The molecule has 4 nitrogen and oxygen atoms in total. The second-order valence-corrected chi connectivity index (χ2v) is 4.68. The summed E-state index contributed by atoms with van der Waals surface area (Å²) in [6, 6.07) is 16.5. The molecule has 0 bridgehead atoms. The van der Waals surface area contributed by atoms with Gasteiger partial charge in [0, 0.05) is 35.2 Å². The lowest BCUT2D eigenvalue weighted by atomic mass is 10.2. The van der Waals surface area contributed by atoms with E-state index in [9.17, 15) is 0 Å². The van der Waals surface area contributed by atoms with E-state index in [1.165, 1.54) is 11.4 Å². The number of hydrogen-bond acceptors (Lipinski definition) is 2. The molecule has 3 aromatic rings. The molecule has 0 fully saturated rings. The van der Waals surface area contributed by atoms with Gasteiger partial charge in [-0.1, -0.05) is 6.07 Å². The van der Waals surface area contributed by atoms with Gasteiger partial charge in [0.2, 0.25) is 0 Å². The summed E-state index contributed by atoms with van der Waals surface area (Å²) >= 11 is 0. The number of benzene rings is 1. The Bertz CT molecular complexity index is 573. The maximum Gasteiger partial charge on any atom is 0.0551 e. The molecule has 2 aromatic heterocycles. The molecule has 0 aliphatic carbocycles. The van der Waals surface area contributed by atoms with Crippen molar-refractivity contribution in [3.63, 3.8) is 0 Å². The Morgan fingerprint density at radius 1 is 0.700 bits per heavy atom. The molecule has 1 aromatic carbocycles. The minimum Gasteiger partial charge on any atom is -0.379 e. The smallest absolute Gasteiger partial charge is 0.0551 e. The summed E-state index contributed by atoms with van der Waals surface area (Å²) < 4.78 is 0. The van der Waals surface area contributed by atoms with Crippen LogP contribution in [0.15, 0.2) is 60.9 Å². The molecule has 0 atom stereocenters. The Labute approximate surface area is 118 Å². The van der Waals surface area contributed by atoms with E-state index >= 15 is 0 Å². The van der Waals surface area contributed by atoms with Crippen molar-refractivity contribution < 1.29 is 0 Å². The first-order chi connectivity index (χ1) is 9.90. The molecule has 3 rings (SSSR count). The standard InChI is InChI=1S/C16H18N4/c1-4-13(19-11-15-6-2-8-17-15)10-14(5-1)20-12-16-7-3-9-18-16/h1-10,17-20H,11-12H2. The highest BCUT2D eigenvalue weighted by atomic mass is 14.9. The first-order valence-corrected chi connectivity index (χ1v) is 6.72. The fraction of sp³-hybridized carbons (Fsp3) is 0.125. The first kappa shape index (κ1) is 12.4. The zero-order valence-electron chi connectivity index (χ0n) is 11.2. The summed E-state index contributed by atoms with van der Waals surface area (Å²) in [6.45, 7) is 1.60. The number of hydrogen-bond donors (Lipinski definition) is 4. The Hall–Kier alpha value is -2.62. The molecule has 0 saturated carbocycles. The van der Waals surface area contributed by atoms with Crippen LogP contribution in [0.25, 0.3) is 0 Å². The van der Waals surface area contributed by atoms with Crippen LogP contribution in [0.3, 0.4) is 0 Å². The molecular weight excluding hydrogens is 248 g/mol. The van der Waals surface area contributed by atoms with Gasteiger partial charge >= 0.3 is 0 Å². The molecule has 2 heterocycles. The molecule has 4 heteroatoms. The highest BCUT2D eigenvalue weighted by Crippen LogP contribution is 2.16. The quantitative estimate of drug-likeness (QED) is 0.551. The third kappa shape index (κ3) is 3.23. The van der Waals surface area contributed by atoms with Crippen molar-refractivity contribution in [1.82, 2.24) is 9.97 Å². The summed E-state index contributed by atoms with van der Waals surface area (Å²) in [5, 5.41) is 6.80. The lowest BCUT2D eigenvalue weighted by Crippen LogP contribution is -2.02. The number of nitrogens with one attached hydrogen (secondary N) is 4. The SMILES string of the molecule is c1cc(NCc2ccc[nH]2)cc(NCc2ccc[nH]2)c1. The van der Waals surface area contributed by atoms with Crippen LogP contribution in [0, 0.1) is 0 Å². The third-order valence-corrected chi connectivity index (χ3v) is 3.15. The molecule has 4 N–H and O–H groups in total. The van der Waals surface area contributed by atoms with Gasteiger partial charge < -0.3 is 20.6 Å². The van der Waals surface area contributed by atoms with Crippen molar-refractivity contribution in [2.45, 2.75) is 13.1 Å². The van der Waals surface area contributed by atoms with Crippen molar-refractivity contribution in [2.24, 2.45) is 0 Å². The van der Waals surface area contributed by atoms with Crippen molar-refractivity contribution in [2.75, 3.05) is 10.6 Å². The van der Waals surface area contributed by atoms with Crippen molar-refractivity contribution in [3.8, 4) is 0 Å². The van der Waals surface area contributed by atoms with E-state index in [2.05, 4.69) is 50.9 Å². The highest BCUT2D eigenvalue weighted by Gasteiger charge is 1.98. The summed E-state index contributed by atoms with van der Waals surface area (Å²) in [4.78, 5) is 6.37. The molecule has 0 saturated heterocycles. The van der Waals surface area contributed by atoms with Crippen LogP contribution in [-0.2, 0) is 13.1 Å². The second kappa shape index (κ2) is 6.02. The molecule has 0 amide bonds. The molecule has 0 spiro atoms. The van der Waals surface area contributed by atoms with Gasteiger partial charge in [-0.15, -0.1) is 0 Å². The van der Waals surface area contributed by atoms with E-state index in [1.54, 1.807) is 0 Å². The van der Waals surface area contributed by atoms with E-state index in [0.29, 0.717) is 0 Å². The Kier molecular flexibility index (Phi) is 3.73. The number of anilines is 2. The molecular formula is C16H18N4. The monoisotopic (exact) mass is 266 g/mol. The van der Waals surface area contributed by atoms with Gasteiger partial charge in [0.15, 0.2) is 0 Å². The summed E-state index contributed by atoms with van der Waals surface area (Å²) in [5.41, 5.74) is 4.57. The largest absolute Gasteiger partial charge is 0.379 e. The zero-order valence-corrected chi connectivity index (χ0v) is 11.2. The predicted octanol–water partition coefficient (Wildman–Crippen LogP) is 3.57. The number of H-pyrrole nitrogens is 2. The van der Waals surface area contributed by atoms with Gasteiger partial charge in [0.1, 0.15) is 0 Å². The molecule has 0 radical (unpaired) electrons. The molecule has 102 valence electrons. The van der Waals surface area contributed by atoms with E-state index in [0.717, 1.165) is 24.5 Å². The topological polar surface area (TPSA) is 55.6 Å².